The first-order chi connectivity index (χ1) is 17.5. The Morgan fingerprint density at radius 3 is 2.58 bits per heavy atom. The topological polar surface area (TPSA) is 89.7 Å². The van der Waals surface area contributed by atoms with Gasteiger partial charge >= 0.3 is 5.69 Å². The van der Waals surface area contributed by atoms with Gasteiger partial charge in [0, 0.05) is 43.1 Å². The van der Waals surface area contributed by atoms with E-state index >= 15 is 0 Å². The van der Waals surface area contributed by atoms with Crippen LogP contribution < -0.4 is 10.4 Å². The summed E-state index contributed by atoms with van der Waals surface area (Å²) in [6.45, 7) is 3.83. The fourth-order valence-electron chi connectivity index (χ4n) is 6.26. The van der Waals surface area contributed by atoms with Crippen molar-refractivity contribution in [3.05, 3.63) is 46.8 Å². The number of nitrogens with zero attached hydrogens (tertiary/aromatic N) is 5. The second-order valence-electron chi connectivity index (χ2n) is 10.3. The van der Waals surface area contributed by atoms with Gasteiger partial charge in [0.15, 0.2) is 11.4 Å². The van der Waals surface area contributed by atoms with Crippen LogP contribution in [-0.2, 0) is 4.74 Å². The number of aromatic nitrogens is 5. The highest BCUT2D eigenvalue weighted by Gasteiger charge is 2.30. The van der Waals surface area contributed by atoms with Gasteiger partial charge in [-0.05, 0) is 81.8 Å². The summed E-state index contributed by atoms with van der Waals surface area (Å²) in [7, 11) is 3.91. The summed E-state index contributed by atoms with van der Waals surface area (Å²) in [5.74, 6) is 0.665. The number of hydrogen-bond acceptors (Lipinski definition) is 6. The number of hydrogen-bond donors (Lipinski definition) is 1. The molecular formula is C27H34N6O3. The number of aromatic amines is 1. The number of H-pyrrole nitrogens is 1. The molecule has 1 aliphatic heterocycles. The average Bonchev–Trinajstić information content (AvgIpc) is 3.51. The van der Waals surface area contributed by atoms with Gasteiger partial charge in [-0.25, -0.2) is 14.3 Å². The molecule has 1 saturated carbocycles. The second-order valence-corrected chi connectivity index (χ2v) is 10.3. The van der Waals surface area contributed by atoms with Gasteiger partial charge in [0.05, 0.1) is 18.1 Å². The van der Waals surface area contributed by atoms with Crippen LogP contribution in [0.5, 0.6) is 5.75 Å². The van der Waals surface area contributed by atoms with Gasteiger partial charge < -0.3 is 19.4 Å². The maximum absolute atomic E-state index is 13.1. The van der Waals surface area contributed by atoms with Crippen LogP contribution in [-0.4, -0.2) is 68.5 Å². The number of methoxy groups -OCH3 is 1. The SMILES string of the molecule is COc1cc(-c2cc3[nH]c(=O)n(C4CCC(N(C)C5CCOCC5)CC4)c3cc2C)cn2ncnc12. The smallest absolute Gasteiger partial charge is 0.326 e. The van der Waals surface area contributed by atoms with E-state index in [9.17, 15) is 4.79 Å². The quantitative estimate of drug-likeness (QED) is 0.456. The number of aryl methyl sites for hydroxylation is 1. The summed E-state index contributed by atoms with van der Waals surface area (Å²) in [6, 6.07) is 7.62. The summed E-state index contributed by atoms with van der Waals surface area (Å²) in [6.07, 6.45) is 9.98. The standard InChI is InChI=1S/C27H34N6O3/c1-17-12-24-23(14-22(17)18-13-25(35-3)26-28-16-29-32(26)15-18)30-27(34)33(24)21-6-4-19(5-7-21)31(2)20-8-10-36-11-9-20/h12-16,19-21H,4-11H2,1-3H3,(H,30,34). The van der Waals surface area contributed by atoms with Crippen molar-refractivity contribution in [1.82, 2.24) is 29.0 Å². The van der Waals surface area contributed by atoms with Crippen LogP contribution in [0.25, 0.3) is 27.8 Å². The molecule has 4 heterocycles. The lowest BCUT2D eigenvalue weighted by molar-refractivity contribution is 0.0193. The largest absolute Gasteiger partial charge is 0.493 e. The lowest BCUT2D eigenvalue weighted by Gasteiger charge is -2.40. The summed E-state index contributed by atoms with van der Waals surface area (Å²) in [5, 5.41) is 4.29. The minimum absolute atomic E-state index is 0.0212. The minimum Gasteiger partial charge on any atom is -0.493 e. The van der Waals surface area contributed by atoms with Crippen molar-refractivity contribution >= 4 is 16.7 Å². The minimum atomic E-state index is -0.0212. The van der Waals surface area contributed by atoms with Crippen molar-refractivity contribution in [2.75, 3.05) is 27.4 Å². The van der Waals surface area contributed by atoms with E-state index in [2.05, 4.69) is 46.1 Å². The first kappa shape index (κ1) is 23.2. The molecule has 0 radical (unpaired) electrons. The third-order valence-corrected chi connectivity index (χ3v) is 8.31. The number of fused-ring (bicyclic) bond motifs is 2. The number of nitrogens with one attached hydrogen (secondary N) is 1. The number of rotatable bonds is 5. The van der Waals surface area contributed by atoms with E-state index in [1.165, 1.54) is 6.33 Å². The van der Waals surface area contributed by atoms with Gasteiger partial charge in [-0.2, -0.15) is 5.10 Å². The van der Waals surface area contributed by atoms with Crippen LogP contribution in [0.2, 0.25) is 0 Å². The Kier molecular flexibility index (Phi) is 6.05. The highest BCUT2D eigenvalue weighted by Crippen LogP contribution is 2.35. The highest BCUT2D eigenvalue weighted by molar-refractivity contribution is 5.85. The first-order valence-corrected chi connectivity index (χ1v) is 13.0. The van der Waals surface area contributed by atoms with E-state index in [-0.39, 0.29) is 11.7 Å². The van der Waals surface area contributed by atoms with Crippen LogP contribution in [0.1, 0.15) is 50.1 Å². The van der Waals surface area contributed by atoms with Gasteiger partial charge in [0.1, 0.15) is 6.33 Å². The van der Waals surface area contributed by atoms with Crippen LogP contribution in [0, 0.1) is 6.92 Å². The van der Waals surface area contributed by atoms with E-state index in [4.69, 9.17) is 9.47 Å². The van der Waals surface area contributed by atoms with Crippen LogP contribution in [0.15, 0.2) is 35.5 Å². The van der Waals surface area contributed by atoms with E-state index in [0.717, 1.165) is 79.5 Å². The normalized spacial score (nSPS) is 21.6. The predicted octanol–water partition coefficient (Wildman–Crippen LogP) is 3.95. The molecule has 3 aromatic heterocycles. The van der Waals surface area contributed by atoms with E-state index < -0.39 is 0 Å². The van der Waals surface area contributed by atoms with Crippen molar-refractivity contribution < 1.29 is 9.47 Å². The molecule has 0 bridgehead atoms. The molecule has 190 valence electrons. The summed E-state index contributed by atoms with van der Waals surface area (Å²) >= 11 is 0. The zero-order valence-electron chi connectivity index (χ0n) is 21.2. The number of benzene rings is 1. The molecule has 1 aromatic carbocycles. The van der Waals surface area contributed by atoms with Crippen molar-refractivity contribution in [3.8, 4) is 16.9 Å². The Balaban J connectivity index is 1.27. The summed E-state index contributed by atoms with van der Waals surface area (Å²) < 4.78 is 14.8. The molecule has 0 amide bonds. The van der Waals surface area contributed by atoms with E-state index in [1.807, 2.05) is 16.8 Å². The summed E-state index contributed by atoms with van der Waals surface area (Å²) in [5.41, 5.74) is 5.60. The zero-order chi connectivity index (χ0) is 24.8. The monoisotopic (exact) mass is 490 g/mol. The molecule has 9 nitrogen and oxygen atoms in total. The molecule has 6 rings (SSSR count). The van der Waals surface area contributed by atoms with E-state index in [1.54, 1.807) is 11.6 Å². The van der Waals surface area contributed by atoms with Crippen molar-refractivity contribution in [3.63, 3.8) is 0 Å². The highest BCUT2D eigenvalue weighted by atomic mass is 16.5. The lowest BCUT2D eigenvalue weighted by atomic mass is 9.88. The van der Waals surface area contributed by atoms with Gasteiger partial charge in [-0.1, -0.05) is 0 Å². The molecule has 0 spiro atoms. The van der Waals surface area contributed by atoms with Gasteiger partial charge in [-0.3, -0.25) is 4.57 Å². The van der Waals surface area contributed by atoms with Crippen molar-refractivity contribution in [1.29, 1.82) is 0 Å². The Morgan fingerprint density at radius 2 is 1.83 bits per heavy atom. The lowest BCUT2D eigenvalue weighted by Crippen LogP contribution is -2.45. The van der Waals surface area contributed by atoms with Crippen LogP contribution >= 0.6 is 0 Å². The third-order valence-electron chi connectivity index (χ3n) is 8.31. The van der Waals surface area contributed by atoms with Crippen molar-refractivity contribution in [2.45, 2.75) is 63.6 Å². The molecule has 1 N–H and O–H groups in total. The molecule has 0 unspecified atom stereocenters. The molecule has 2 aliphatic rings. The Morgan fingerprint density at radius 1 is 1.08 bits per heavy atom. The molecule has 1 aliphatic carbocycles. The molecule has 1 saturated heterocycles. The van der Waals surface area contributed by atoms with Gasteiger partial charge in [-0.15, -0.1) is 0 Å². The van der Waals surface area contributed by atoms with E-state index in [0.29, 0.717) is 23.5 Å². The molecule has 2 fully saturated rings. The number of pyridine rings is 1. The number of ether oxygens (including phenoxy) is 2. The third kappa shape index (κ3) is 4.00. The Hall–Kier alpha value is -3.17. The fourth-order valence-corrected chi connectivity index (χ4v) is 6.26. The maximum Gasteiger partial charge on any atom is 0.326 e. The first-order valence-electron chi connectivity index (χ1n) is 13.0. The van der Waals surface area contributed by atoms with Crippen LogP contribution in [0.4, 0.5) is 0 Å². The van der Waals surface area contributed by atoms with Crippen molar-refractivity contribution in [2.24, 2.45) is 0 Å². The number of imidazole rings is 1. The maximum atomic E-state index is 13.1. The van der Waals surface area contributed by atoms with Gasteiger partial charge in [0.2, 0.25) is 0 Å². The molecule has 0 atom stereocenters. The Labute approximate surface area is 210 Å². The van der Waals surface area contributed by atoms with Crippen LogP contribution in [0.3, 0.4) is 0 Å². The molecule has 36 heavy (non-hydrogen) atoms. The average molecular weight is 491 g/mol. The fraction of sp³-hybridized carbons (Fsp3) is 0.519. The second kappa shape index (κ2) is 9.37. The van der Waals surface area contributed by atoms with Gasteiger partial charge in [0.25, 0.3) is 0 Å². The summed E-state index contributed by atoms with van der Waals surface area (Å²) in [4.78, 5) is 23.1. The zero-order valence-corrected chi connectivity index (χ0v) is 21.2. The Bertz CT molecular complexity index is 1440. The molecular weight excluding hydrogens is 456 g/mol. The molecule has 4 aromatic rings. The molecule has 9 heteroatoms. The predicted molar refractivity (Wildman–Crippen MR) is 139 cm³/mol.